The van der Waals surface area contributed by atoms with E-state index in [1.54, 1.807) is 6.07 Å². The predicted molar refractivity (Wildman–Crippen MR) is 94.0 cm³/mol. The molecule has 0 fully saturated rings. The Labute approximate surface area is 142 Å². The van der Waals surface area contributed by atoms with Gasteiger partial charge in [-0.3, -0.25) is 4.79 Å². The van der Waals surface area contributed by atoms with Crippen LogP contribution >= 0.6 is 0 Å². The smallest absolute Gasteiger partial charge is 0.251 e. The number of ether oxygens (including phenoxy) is 2. The molecule has 124 valence electrons. The molecule has 0 radical (unpaired) electrons. The van der Waals surface area contributed by atoms with Gasteiger partial charge in [0.2, 0.25) is 0 Å². The van der Waals surface area contributed by atoms with Crippen LogP contribution in [0.1, 0.15) is 28.4 Å². The zero-order chi connectivity index (χ0) is 16.8. The fourth-order valence-corrected chi connectivity index (χ4v) is 2.51. The van der Waals surface area contributed by atoms with Crippen molar-refractivity contribution in [1.82, 2.24) is 5.32 Å². The molecule has 1 atom stereocenters. The van der Waals surface area contributed by atoms with Crippen LogP contribution in [0.25, 0.3) is 6.08 Å². The minimum atomic E-state index is -0.104. The number of fused-ring (bicyclic) bond motifs is 1. The fraction of sp³-hybridized carbons (Fsp3) is 0.250. The second-order valence-electron chi connectivity index (χ2n) is 5.73. The first-order valence-corrected chi connectivity index (χ1v) is 8.11. The van der Waals surface area contributed by atoms with E-state index in [1.165, 1.54) is 0 Å². The number of rotatable bonds is 6. The average molecular weight is 323 g/mol. The molecule has 4 nitrogen and oxygen atoms in total. The highest BCUT2D eigenvalue weighted by molar-refractivity contribution is 5.95. The van der Waals surface area contributed by atoms with E-state index in [0.29, 0.717) is 25.3 Å². The van der Waals surface area contributed by atoms with Crippen molar-refractivity contribution in [2.75, 3.05) is 13.2 Å². The quantitative estimate of drug-likeness (QED) is 0.829. The number of nitrogens with one attached hydrogen (secondary N) is 1. The van der Waals surface area contributed by atoms with Crippen LogP contribution in [0.3, 0.4) is 0 Å². The summed E-state index contributed by atoms with van der Waals surface area (Å²) >= 11 is 0. The highest BCUT2D eigenvalue weighted by Crippen LogP contribution is 2.26. The Morgan fingerprint density at radius 3 is 2.88 bits per heavy atom. The number of hydrogen-bond donors (Lipinski definition) is 1. The zero-order valence-corrected chi connectivity index (χ0v) is 13.7. The highest BCUT2D eigenvalue weighted by atomic mass is 16.5. The van der Waals surface area contributed by atoms with Crippen LogP contribution in [-0.2, 0) is 11.3 Å². The van der Waals surface area contributed by atoms with Crippen LogP contribution in [0.5, 0.6) is 5.75 Å². The minimum Gasteiger partial charge on any atom is -0.486 e. The molecule has 1 unspecified atom stereocenters. The van der Waals surface area contributed by atoms with Gasteiger partial charge >= 0.3 is 0 Å². The number of carbonyl (C=O) groups is 1. The van der Waals surface area contributed by atoms with Crippen molar-refractivity contribution in [2.45, 2.75) is 19.6 Å². The van der Waals surface area contributed by atoms with Crippen LogP contribution in [0.2, 0.25) is 0 Å². The van der Waals surface area contributed by atoms with Crippen LogP contribution in [0, 0.1) is 0 Å². The summed E-state index contributed by atoms with van der Waals surface area (Å²) in [4.78, 5) is 12.2. The SMILES string of the molecule is CC1C=Cc2cc(C(=O)NCCOCc3ccccc3)ccc2O1. The zero-order valence-electron chi connectivity index (χ0n) is 13.7. The van der Waals surface area contributed by atoms with Crippen molar-refractivity contribution in [3.8, 4) is 5.75 Å². The van der Waals surface area contributed by atoms with Crippen LogP contribution in [-0.4, -0.2) is 25.2 Å². The summed E-state index contributed by atoms with van der Waals surface area (Å²) < 4.78 is 11.2. The van der Waals surface area contributed by atoms with Gasteiger partial charge in [0.1, 0.15) is 11.9 Å². The topological polar surface area (TPSA) is 47.6 Å². The summed E-state index contributed by atoms with van der Waals surface area (Å²) in [5, 5.41) is 2.87. The molecular formula is C20H21NO3. The van der Waals surface area contributed by atoms with Gasteiger partial charge in [-0.15, -0.1) is 0 Å². The molecule has 2 aromatic rings. The van der Waals surface area contributed by atoms with E-state index in [4.69, 9.17) is 9.47 Å². The third-order valence-electron chi connectivity index (χ3n) is 3.78. The van der Waals surface area contributed by atoms with E-state index in [9.17, 15) is 4.79 Å². The van der Waals surface area contributed by atoms with Gasteiger partial charge in [0.15, 0.2) is 0 Å². The highest BCUT2D eigenvalue weighted by Gasteiger charge is 2.13. The van der Waals surface area contributed by atoms with E-state index >= 15 is 0 Å². The lowest BCUT2D eigenvalue weighted by Gasteiger charge is -2.18. The maximum absolute atomic E-state index is 12.2. The first kappa shape index (κ1) is 16.3. The number of benzene rings is 2. The summed E-state index contributed by atoms with van der Waals surface area (Å²) in [6.07, 6.45) is 4.03. The monoisotopic (exact) mass is 323 g/mol. The third-order valence-corrected chi connectivity index (χ3v) is 3.78. The Kier molecular flexibility index (Phi) is 5.29. The maximum atomic E-state index is 12.2. The molecule has 1 N–H and O–H groups in total. The Bertz CT molecular complexity index is 725. The first-order chi connectivity index (χ1) is 11.7. The van der Waals surface area contributed by atoms with Gasteiger partial charge in [-0.05, 0) is 36.8 Å². The van der Waals surface area contributed by atoms with Gasteiger partial charge in [0.25, 0.3) is 5.91 Å². The second kappa shape index (κ2) is 7.79. The van der Waals surface area contributed by atoms with E-state index in [2.05, 4.69) is 5.32 Å². The lowest BCUT2D eigenvalue weighted by atomic mass is 10.1. The summed E-state index contributed by atoms with van der Waals surface area (Å²) in [5.74, 6) is 0.709. The van der Waals surface area contributed by atoms with Gasteiger partial charge in [0.05, 0.1) is 13.2 Å². The lowest BCUT2D eigenvalue weighted by Crippen LogP contribution is -2.27. The first-order valence-electron chi connectivity index (χ1n) is 8.11. The van der Waals surface area contributed by atoms with Crippen molar-refractivity contribution in [3.05, 3.63) is 71.3 Å². The number of amides is 1. The molecule has 1 aliphatic heterocycles. The normalized spacial score (nSPS) is 15.5. The Morgan fingerprint density at radius 1 is 1.21 bits per heavy atom. The second-order valence-corrected chi connectivity index (χ2v) is 5.73. The van der Waals surface area contributed by atoms with Crippen molar-refractivity contribution in [3.63, 3.8) is 0 Å². The molecule has 2 aromatic carbocycles. The molecule has 4 heteroatoms. The molecule has 0 aromatic heterocycles. The van der Waals surface area contributed by atoms with E-state index in [-0.39, 0.29) is 12.0 Å². The molecule has 1 heterocycles. The van der Waals surface area contributed by atoms with E-state index < -0.39 is 0 Å². The van der Waals surface area contributed by atoms with Crippen molar-refractivity contribution in [1.29, 1.82) is 0 Å². The fourth-order valence-electron chi connectivity index (χ4n) is 2.51. The van der Waals surface area contributed by atoms with E-state index in [0.717, 1.165) is 16.9 Å². The molecule has 1 amide bonds. The molecule has 0 spiro atoms. The molecule has 24 heavy (non-hydrogen) atoms. The van der Waals surface area contributed by atoms with Gasteiger partial charge in [-0.1, -0.05) is 36.4 Å². The van der Waals surface area contributed by atoms with Crippen molar-refractivity contribution < 1.29 is 14.3 Å². The van der Waals surface area contributed by atoms with Gasteiger partial charge in [0, 0.05) is 17.7 Å². The molecule has 0 saturated heterocycles. The third kappa shape index (κ3) is 4.24. The van der Waals surface area contributed by atoms with Crippen LogP contribution in [0.15, 0.2) is 54.6 Å². The Hall–Kier alpha value is -2.59. The molecule has 0 aliphatic carbocycles. The van der Waals surface area contributed by atoms with Gasteiger partial charge in [-0.2, -0.15) is 0 Å². The number of hydrogen-bond acceptors (Lipinski definition) is 3. The molecule has 0 bridgehead atoms. The molecule has 0 saturated carbocycles. The average Bonchev–Trinajstić information content (AvgIpc) is 2.61. The Balaban J connectivity index is 1.45. The molecular weight excluding hydrogens is 302 g/mol. The maximum Gasteiger partial charge on any atom is 0.251 e. The van der Waals surface area contributed by atoms with Crippen LogP contribution in [0.4, 0.5) is 0 Å². The van der Waals surface area contributed by atoms with Crippen molar-refractivity contribution in [2.24, 2.45) is 0 Å². The summed E-state index contributed by atoms with van der Waals surface area (Å²) in [6.45, 7) is 3.49. The summed E-state index contributed by atoms with van der Waals surface area (Å²) in [7, 11) is 0. The van der Waals surface area contributed by atoms with Gasteiger partial charge < -0.3 is 14.8 Å². The van der Waals surface area contributed by atoms with Crippen molar-refractivity contribution >= 4 is 12.0 Å². The summed E-state index contributed by atoms with van der Waals surface area (Å²) in [6, 6.07) is 15.4. The predicted octanol–water partition coefficient (Wildman–Crippen LogP) is 3.43. The Morgan fingerprint density at radius 2 is 2.04 bits per heavy atom. The number of carbonyl (C=O) groups excluding carboxylic acids is 1. The lowest BCUT2D eigenvalue weighted by molar-refractivity contribution is 0.0901. The minimum absolute atomic E-state index is 0.0685. The van der Waals surface area contributed by atoms with Gasteiger partial charge in [-0.25, -0.2) is 0 Å². The summed E-state index contributed by atoms with van der Waals surface area (Å²) in [5.41, 5.74) is 2.68. The molecule has 1 aliphatic rings. The van der Waals surface area contributed by atoms with E-state index in [1.807, 2.05) is 61.5 Å². The molecule has 3 rings (SSSR count). The standard InChI is InChI=1S/C20H21NO3/c1-15-7-8-17-13-18(9-10-19(17)24-15)20(22)21-11-12-23-14-16-5-3-2-4-6-16/h2-10,13,15H,11-12,14H2,1H3,(H,21,22). The van der Waals surface area contributed by atoms with Crippen LogP contribution < -0.4 is 10.1 Å². The largest absolute Gasteiger partial charge is 0.486 e.